The van der Waals surface area contributed by atoms with Gasteiger partial charge in [0, 0.05) is 36.8 Å². The Labute approximate surface area is 119 Å². The third-order valence-corrected chi connectivity index (χ3v) is 5.57. The average Bonchev–Trinajstić information content (AvgIpc) is 2.35. The Morgan fingerprint density at radius 1 is 1.37 bits per heavy atom. The molecule has 1 aromatic heterocycles. The van der Waals surface area contributed by atoms with Crippen LogP contribution in [0.2, 0.25) is 0 Å². The molecular weight excluding hydrogens is 284 g/mol. The molecule has 0 atom stereocenters. The average molecular weight is 303 g/mol. The lowest BCUT2D eigenvalue weighted by Gasteiger charge is -2.36. The molecule has 0 N–H and O–H groups in total. The van der Waals surface area contributed by atoms with Crippen molar-refractivity contribution in [1.82, 2.24) is 9.29 Å². The molecule has 4 nitrogen and oxygen atoms in total. The van der Waals surface area contributed by atoms with Crippen LogP contribution in [0.3, 0.4) is 0 Å². The van der Waals surface area contributed by atoms with Crippen LogP contribution in [-0.2, 0) is 16.4 Å². The number of alkyl halides is 1. The van der Waals surface area contributed by atoms with Gasteiger partial charge in [-0.1, -0.05) is 12.5 Å². The van der Waals surface area contributed by atoms with Gasteiger partial charge >= 0.3 is 0 Å². The van der Waals surface area contributed by atoms with Gasteiger partial charge in [0.05, 0.1) is 5.75 Å². The van der Waals surface area contributed by atoms with Crippen LogP contribution in [0.5, 0.6) is 0 Å². The van der Waals surface area contributed by atoms with Crippen LogP contribution in [0.1, 0.15) is 25.0 Å². The number of aromatic nitrogens is 1. The summed E-state index contributed by atoms with van der Waals surface area (Å²) >= 11 is 5.73. The summed E-state index contributed by atoms with van der Waals surface area (Å²) in [6.07, 6.45) is 5.16. The summed E-state index contributed by atoms with van der Waals surface area (Å²) in [6, 6.07) is 5.71. The van der Waals surface area contributed by atoms with Crippen molar-refractivity contribution in [2.24, 2.45) is 0 Å². The summed E-state index contributed by atoms with van der Waals surface area (Å²) in [5.74, 6) is 0.455. The van der Waals surface area contributed by atoms with Gasteiger partial charge in [-0.3, -0.25) is 4.98 Å². The minimum Gasteiger partial charge on any atom is -0.261 e. The molecule has 1 fully saturated rings. The summed E-state index contributed by atoms with van der Waals surface area (Å²) in [7, 11) is -3.23. The van der Waals surface area contributed by atoms with E-state index in [1.54, 1.807) is 10.5 Å². The Hall–Kier alpha value is -0.650. The number of rotatable bonds is 7. The van der Waals surface area contributed by atoms with Crippen molar-refractivity contribution in [1.29, 1.82) is 0 Å². The lowest BCUT2D eigenvalue weighted by Crippen LogP contribution is -2.46. The van der Waals surface area contributed by atoms with Gasteiger partial charge in [-0.25, -0.2) is 8.42 Å². The van der Waals surface area contributed by atoms with Crippen molar-refractivity contribution >= 4 is 21.6 Å². The van der Waals surface area contributed by atoms with E-state index in [-0.39, 0.29) is 11.8 Å². The van der Waals surface area contributed by atoms with Crippen LogP contribution in [0.25, 0.3) is 0 Å². The van der Waals surface area contributed by atoms with E-state index in [1.807, 2.05) is 18.2 Å². The van der Waals surface area contributed by atoms with Crippen LogP contribution >= 0.6 is 11.6 Å². The number of hydrogen-bond acceptors (Lipinski definition) is 3. The molecule has 2 rings (SSSR count). The Balaban J connectivity index is 1.99. The smallest absolute Gasteiger partial charge is 0.214 e. The molecule has 1 heterocycles. The van der Waals surface area contributed by atoms with Crippen molar-refractivity contribution < 1.29 is 8.42 Å². The van der Waals surface area contributed by atoms with Crippen LogP contribution in [0.4, 0.5) is 0 Å². The second-order valence-corrected chi connectivity index (χ2v) is 7.19. The maximum atomic E-state index is 12.4. The van der Waals surface area contributed by atoms with E-state index in [0.29, 0.717) is 18.8 Å². The molecule has 0 unspecified atom stereocenters. The highest BCUT2D eigenvalue weighted by Gasteiger charge is 2.32. The summed E-state index contributed by atoms with van der Waals surface area (Å²) in [4.78, 5) is 4.16. The quantitative estimate of drug-likeness (QED) is 0.724. The summed E-state index contributed by atoms with van der Waals surface area (Å²) in [5.41, 5.74) is 0.811. The van der Waals surface area contributed by atoms with Crippen LogP contribution in [-0.4, -0.2) is 41.9 Å². The Kier molecular flexibility index (Phi) is 5.19. The van der Waals surface area contributed by atoms with Crippen LogP contribution < -0.4 is 0 Å². The molecule has 0 aliphatic heterocycles. The second-order valence-electron chi connectivity index (χ2n) is 4.77. The standard InChI is InChI=1S/C13H19ClN2O2S/c14-8-10-16(13-5-3-6-13)19(17,18)11-7-12-4-1-2-9-15-12/h1-2,4,9,13H,3,5-8,10-11H2. The number of halogens is 1. The first-order valence-electron chi connectivity index (χ1n) is 6.59. The predicted octanol–water partition coefficient (Wildman–Crippen LogP) is 2.05. The lowest BCUT2D eigenvalue weighted by molar-refractivity contribution is 0.227. The molecule has 1 aromatic rings. The molecule has 1 aliphatic carbocycles. The van der Waals surface area contributed by atoms with Crippen molar-refractivity contribution in [3.63, 3.8) is 0 Å². The number of nitrogens with zero attached hydrogens (tertiary/aromatic N) is 2. The van der Waals surface area contributed by atoms with Crippen LogP contribution in [0, 0.1) is 0 Å². The van der Waals surface area contributed by atoms with Gasteiger partial charge in [0.1, 0.15) is 0 Å². The maximum Gasteiger partial charge on any atom is 0.214 e. The number of sulfonamides is 1. The molecule has 0 radical (unpaired) electrons. The van der Waals surface area contributed by atoms with Gasteiger partial charge in [0.2, 0.25) is 10.0 Å². The molecular formula is C13H19ClN2O2S. The molecule has 106 valence electrons. The Morgan fingerprint density at radius 3 is 2.68 bits per heavy atom. The van der Waals surface area contributed by atoms with Gasteiger partial charge in [0.25, 0.3) is 0 Å². The third-order valence-electron chi connectivity index (χ3n) is 3.49. The largest absolute Gasteiger partial charge is 0.261 e. The van der Waals surface area contributed by atoms with Gasteiger partial charge in [-0.2, -0.15) is 4.31 Å². The molecule has 1 aliphatic rings. The monoisotopic (exact) mass is 302 g/mol. The van der Waals surface area contributed by atoms with Crippen molar-refractivity contribution in [2.75, 3.05) is 18.2 Å². The molecule has 0 bridgehead atoms. The molecule has 0 amide bonds. The molecule has 19 heavy (non-hydrogen) atoms. The molecule has 0 aromatic carbocycles. The minimum atomic E-state index is -3.23. The normalized spacial score (nSPS) is 16.5. The van der Waals surface area contributed by atoms with E-state index in [9.17, 15) is 8.42 Å². The topological polar surface area (TPSA) is 50.3 Å². The van der Waals surface area contributed by atoms with E-state index in [2.05, 4.69) is 4.98 Å². The molecule has 0 saturated heterocycles. The first-order valence-corrected chi connectivity index (χ1v) is 8.73. The highest BCUT2D eigenvalue weighted by Crippen LogP contribution is 2.27. The zero-order chi connectivity index (χ0) is 13.7. The summed E-state index contributed by atoms with van der Waals surface area (Å²) in [5, 5.41) is 0. The van der Waals surface area contributed by atoms with Crippen LogP contribution in [0.15, 0.2) is 24.4 Å². The van der Waals surface area contributed by atoms with Crippen molar-refractivity contribution in [3.8, 4) is 0 Å². The van der Waals surface area contributed by atoms with E-state index in [4.69, 9.17) is 11.6 Å². The number of pyridine rings is 1. The molecule has 6 heteroatoms. The first kappa shape index (κ1) is 14.8. The molecule has 0 spiro atoms. The van der Waals surface area contributed by atoms with Gasteiger partial charge in [-0.05, 0) is 25.0 Å². The van der Waals surface area contributed by atoms with E-state index in [0.717, 1.165) is 25.0 Å². The van der Waals surface area contributed by atoms with E-state index >= 15 is 0 Å². The zero-order valence-corrected chi connectivity index (χ0v) is 12.4. The fourth-order valence-corrected chi connectivity index (χ4v) is 4.22. The van der Waals surface area contributed by atoms with E-state index < -0.39 is 10.0 Å². The van der Waals surface area contributed by atoms with Gasteiger partial charge in [-0.15, -0.1) is 11.6 Å². The first-order chi connectivity index (χ1) is 9.13. The highest BCUT2D eigenvalue weighted by molar-refractivity contribution is 7.89. The predicted molar refractivity (Wildman–Crippen MR) is 76.8 cm³/mol. The zero-order valence-electron chi connectivity index (χ0n) is 10.8. The number of aryl methyl sites for hydroxylation is 1. The maximum absolute atomic E-state index is 12.4. The Bertz CT molecular complexity index is 489. The number of hydrogen-bond donors (Lipinski definition) is 0. The van der Waals surface area contributed by atoms with Crippen molar-refractivity contribution in [2.45, 2.75) is 31.7 Å². The fraction of sp³-hybridized carbons (Fsp3) is 0.615. The summed E-state index contributed by atoms with van der Waals surface area (Å²) in [6.45, 7) is 0.413. The highest BCUT2D eigenvalue weighted by atomic mass is 35.5. The van der Waals surface area contributed by atoms with Gasteiger partial charge in [0.15, 0.2) is 0 Å². The third kappa shape index (κ3) is 3.91. The minimum absolute atomic E-state index is 0.109. The Morgan fingerprint density at radius 2 is 2.16 bits per heavy atom. The summed E-state index contributed by atoms with van der Waals surface area (Å²) < 4.78 is 26.3. The lowest BCUT2D eigenvalue weighted by atomic mass is 9.93. The van der Waals surface area contributed by atoms with Gasteiger partial charge < -0.3 is 0 Å². The van der Waals surface area contributed by atoms with E-state index in [1.165, 1.54) is 0 Å². The fourth-order valence-electron chi connectivity index (χ4n) is 2.20. The second kappa shape index (κ2) is 6.68. The molecule has 1 saturated carbocycles. The van der Waals surface area contributed by atoms with Crippen molar-refractivity contribution in [3.05, 3.63) is 30.1 Å². The SMILES string of the molecule is O=S(=O)(CCc1ccccn1)N(CCCl)C1CCC1.